The number of nitrogens with zero attached hydrogens (tertiary/aromatic N) is 1. The van der Waals surface area contributed by atoms with E-state index in [9.17, 15) is 8.42 Å². The van der Waals surface area contributed by atoms with Gasteiger partial charge in [0, 0.05) is 19.6 Å². The Morgan fingerprint density at radius 1 is 1.24 bits per heavy atom. The van der Waals surface area contributed by atoms with Crippen molar-refractivity contribution < 1.29 is 13.2 Å². The van der Waals surface area contributed by atoms with E-state index in [0.717, 1.165) is 13.0 Å². The molecule has 1 saturated heterocycles. The molecule has 0 aromatic heterocycles. The van der Waals surface area contributed by atoms with E-state index in [1.54, 1.807) is 0 Å². The van der Waals surface area contributed by atoms with Crippen LogP contribution in [-0.2, 0) is 14.9 Å². The van der Waals surface area contributed by atoms with Crippen molar-refractivity contribution in [2.24, 2.45) is 0 Å². The first-order chi connectivity index (χ1) is 7.95. The SMILES string of the molecule is CNCCCNS(=O)(=O)N1C[C@@H](C)O[C@@H](C)C1. The van der Waals surface area contributed by atoms with Gasteiger partial charge in [0.25, 0.3) is 10.2 Å². The highest BCUT2D eigenvalue weighted by Gasteiger charge is 2.30. The maximum absolute atomic E-state index is 12.0. The molecule has 6 nitrogen and oxygen atoms in total. The Morgan fingerprint density at radius 2 is 1.82 bits per heavy atom. The second-order valence-corrected chi connectivity index (χ2v) is 6.19. The fourth-order valence-electron chi connectivity index (χ4n) is 1.88. The van der Waals surface area contributed by atoms with Gasteiger partial charge in [0.05, 0.1) is 12.2 Å². The van der Waals surface area contributed by atoms with Crippen LogP contribution in [-0.4, -0.2) is 58.2 Å². The molecule has 0 aliphatic carbocycles. The minimum Gasteiger partial charge on any atom is -0.373 e. The lowest BCUT2D eigenvalue weighted by atomic mass is 10.3. The number of nitrogens with one attached hydrogen (secondary N) is 2. The lowest BCUT2D eigenvalue weighted by molar-refractivity contribution is -0.0443. The van der Waals surface area contributed by atoms with E-state index >= 15 is 0 Å². The molecule has 1 rings (SSSR count). The summed E-state index contributed by atoms with van der Waals surface area (Å²) in [5.74, 6) is 0. The Kier molecular flexibility index (Phi) is 5.81. The predicted molar refractivity (Wildman–Crippen MR) is 67.0 cm³/mol. The van der Waals surface area contributed by atoms with E-state index in [2.05, 4.69) is 10.0 Å². The molecule has 7 heteroatoms. The van der Waals surface area contributed by atoms with Gasteiger partial charge in [-0.3, -0.25) is 0 Å². The van der Waals surface area contributed by atoms with Crippen molar-refractivity contribution in [3.8, 4) is 0 Å². The van der Waals surface area contributed by atoms with Gasteiger partial charge in [0.1, 0.15) is 0 Å². The number of rotatable bonds is 6. The first-order valence-corrected chi connectivity index (χ1v) is 7.44. The van der Waals surface area contributed by atoms with Gasteiger partial charge >= 0.3 is 0 Å². The monoisotopic (exact) mass is 265 g/mol. The van der Waals surface area contributed by atoms with Crippen molar-refractivity contribution in [2.45, 2.75) is 32.5 Å². The molecule has 102 valence electrons. The third-order valence-corrected chi connectivity index (χ3v) is 4.16. The number of hydrogen-bond donors (Lipinski definition) is 2. The topological polar surface area (TPSA) is 70.7 Å². The lowest BCUT2D eigenvalue weighted by Gasteiger charge is -2.34. The molecule has 0 saturated carbocycles. The van der Waals surface area contributed by atoms with Gasteiger partial charge in [-0.15, -0.1) is 0 Å². The smallest absolute Gasteiger partial charge is 0.279 e. The van der Waals surface area contributed by atoms with Crippen molar-refractivity contribution in [3.63, 3.8) is 0 Å². The zero-order chi connectivity index (χ0) is 12.9. The molecule has 0 aromatic rings. The van der Waals surface area contributed by atoms with Crippen molar-refractivity contribution in [1.29, 1.82) is 0 Å². The lowest BCUT2D eigenvalue weighted by Crippen LogP contribution is -2.52. The van der Waals surface area contributed by atoms with Crippen molar-refractivity contribution >= 4 is 10.2 Å². The van der Waals surface area contributed by atoms with Crippen LogP contribution in [0.5, 0.6) is 0 Å². The number of hydrogen-bond acceptors (Lipinski definition) is 4. The van der Waals surface area contributed by atoms with Crippen molar-refractivity contribution in [2.75, 3.05) is 33.2 Å². The number of ether oxygens (including phenoxy) is 1. The average molecular weight is 265 g/mol. The Balaban J connectivity index is 2.45. The van der Waals surface area contributed by atoms with Crippen LogP contribution in [0.15, 0.2) is 0 Å². The fourth-order valence-corrected chi connectivity index (χ4v) is 3.28. The van der Waals surface area contributed by atoms with Gasteiger partial charge in [-0.25, -0.2) is 4.72 Å². The largest absolute Gasteiger partial charge is 0.373 e. The predicted octanol–water partition coefficient (Wildman–Crippen LogP) is -0.460. The van der Waals surface area contributed by atoms with Gasteiger partial charge in [0.15, 0.2) is 0 Å². The fraction of sp³-hybridized carbons (Fsp3) is 1.00. The zero-order valence-corrected chi connectivity index (χ0v) is 11.6. The molecule has 0 spiro atoms. The molecule has 1 fully saturated rings. The van der Waals surface area contributed by atoms with E-state index in [0.29, 0.717) is 19.6 Å². The van der Waals surface area contributed by atoms with Crippen molar-refractivity contribution in [1.82, 2.24) is 14.3 Å². The van der Waals surface area contributed by atoms with Gasteiger partial charge < -0.3 is 10.1 Å². The Labute approximate surface area is 104 Å². The maximum Gasteiger partial charge on any atom is 0.279 e. The molecule has 0 amide bonds. The van der Waals surface area contributed by atoms with Gasteiger partial charge in [-0.1, -0.05) is 0 Å². The highest BCUT2D eigenvalue weighted by molar-refractivity contribution is 7.87. The second-order valence-electron chi connectivity index (χ2n) is 4.43. The summed E-state index contributed by atoms with van der Waals surface area (Å²) < 4.78 is 33.5. The van der Waals surface area contributed by atoms with E-state index < -0.39 is 10.2 Å². The molecule has 1 aliphatic heterocycles. The van der Waals surface area contributed by atoms with E-state index in [1.807, 2.05) is 20.9 Å². The van der Waals surface area contributed by atoms with Crippen LogP contribution < -0.4 is 10.0 Å². The number of morpholine rings is 1. The highest BCUT2D eigenvalue weighted by Crippen LogP contribution is 2.13. The Hall–Kier alpha value is -0.210. The standard InChI is InChI=1S/C10H23N3O3S/c1-9-7-13(8-10(2)16-9)17(14,15)12-6-4-5-11-3/h9-12H,4-8H2,1-3H3/t9-,10+. The summed E-state index contributed by atoms with van der Waals surface area (Å²) in [5.41, 5.74) is 0. The Morgan fingerprint density at radius 3 is 2.35 bits per heavy atom. The minimum atomic E-state index is -3.35. The Bertz CT molecular complexity index is 311. The summed E-state index contributed by atoms with van der Waals surface area (Å²) in [5, 5.41) is 2.98. The van der Waals surface area contributed by atoms with Crippen LogP contribution >= 0.6 is 0 Å². The van der Waals surface area contributed by atoms with Crippen molar-refractivity contribution in [3.05, 3.63) is 0 Å². The van der Waals surface area contributed by atoms with Crippen LogP contribution in [0.4, 0.5) is 0 Å². The summed E-state index contributed by atoms with van der Waals surface area (Å²) in [7, 11) is -1.51. The van der Waals surface area contributed by atoms with Crippen LogP contribution in [0.2, 0.25) is 0 Å². The maximum atomic E-state index is 12.0. The van der Waals surface area contributed by atoms with Gasteiger partial charge in [-0.05, 0) is 33.9 Å². The molecule has 17 heavy (non-hydrogen) atoms. The highest BCUT2D eigenvalue weighted by atomic mass is 32.2. The molecule has 2 atom stereocenters. The first kappa shape index (κ1) is 14.8. The average Bonchev–Trinajstić information content (AvgIpc) is 2.23. The van der Waals surface area contributed by atoms with Gasteiger partial charge in [0.2, 0.25) is 0 Å². The molecule has 0 radical (unpaired) electrons. The summed E-state index contributed by atoms with van der Waals surface area (Å²) >= 11 is 0. The molecule has 0 unspecified atom stereocenters. The molecule has 2 N–H and O–H groups in total. The molecule has 0 bridgehead atoms. The molecule has 1 aliphatic rings. The summed E-state index contributed by atoms with van der Waals surface area (Å²) in [6, 6.07) is 0. The molecular formula is C10H23N3O3S. The summed E-state index contributed by atoms with van der Waals surface area (Å²) in [4.78, 5) is 0. The third-order valence-electron chi connectivity index (χ3n) is 2.61. The van der Waals surface area contributed by atoms with Crippen LogP contribution in [0.3, 0.4) is 0 Å². The molecular weight excluding hydrogens is 242 g/mol. The van der Waals surface area contributed by atoms with Crippen LogP contribution in [0.25, 0.3) is 0 Å². The third kappa shape index (κ3) is 4.89. The summed E-state index contributed by atoms with van der Waals surface area (Å²) in [6.45, 7) is 5.89. The van der Waals surface area contributed by atoms with E-state index in [4.69, 9.17) is 4.74 Å². The van der Waals surface area contributed by atoms with E-state index in [-0.39, 0.29) is 12.2 Å². The van der Waals surface area contributed by atoms with E-state index in [1.165, 1.54) is 4.31 Å². The van der Waals surface area contributed by atoms with Gasteiger partial charge in [-0.2, -0.15) is 12.7 Å². The normalized spacial score (nSPS) is 27.2. The molecule has 0 aromatic carbocycles. The first-order valence-electron chi connectivity index (χ1n) is 6.00. The van der Waals surface area contributed by atoms with Crippen LogP contribution in [0.1, 0.15) is 20.3 Å². The minimum absolute atomic E-state index is 0.0485. The van der Waals surface area contributed by atoms with Crippen LogP contribution in [0, 0.1) is 0 Å². The quantitative estimate of drug-likeness (QED) is 0.638. The second kappa shape index (κ2) is 6.65. The zero-order valence-electron chi connectivity index (χ0n) is 10.8. The molecule has 1 heterocycles. The summed E-state index contributed by atoms with van der Waals surface area (Å²) in [6.07, 6.45) is 0.686.